The number of rotatable bonds is 4. The second-order valence-corrected chi connectivity index (χ2v) is 6.91. The molecule has 0 aliphatic carbocycles. The van der Waals surface area contributed by atoms with Crippen molar-refractivity contribution in [1.82, 2.24) is 24.4 Å². The number of hydrogen-bond donors (Lipinski definition) is 1. The summed E-state index contributed by atoms with van der Waals surface area (Å²) in [5.41, 5.74) is 3.30. The quantitative estimate of drug-likeness (QED) is 0.569. The fourth-order valence-corrected chi connectivity index (χ4v) is 3.20. The molecule has 4 rings (SSSR count). The number of aromatic nitrogens is 5. The van der Waals surface area contributed by atoms with Gasteiger partial charge in [-0.3, -0.25) is 10.1 Å². The predicted molar refractivity (Wildman–Crippen MR) is 104 cm³/mol. The summed E-state index contributed by atoms with van der Waals surface area (Å²) in [7, 11) is 0. The Kier molecular flexibility index (Phi) is 4.66. The molecule has 0 atom stereocenters. The number of anilines is 1. The van der Waals surface area contributed by atoms with Crippen LogP contribution in [0.25, 0.3) is 17.2 Å². The van der Waals surface area contributed by atoms with Gasteiger partial charge in [-0.05, 0) is 44.2 Å². The molecular formula is C19H15FN6OS. The van der Waals surface area contributed by atoms with Crippen molar-refractivity contribution in [2.75, 3.05) is 5.32 Å². The fourth-order valence-electron chi connectivity index (χ4n) is 2.63. The van der Waals surface area contributed by atoms with Crippen LogP contribution in [0, 0.1) is 19.7 Å². The molecule has 0 radical (unpaired) electrons. The Morgan fingerprint density at radius 3 is 2.68 bits per heavy atom. The largest absolute Gasteiger partial charge is 0.297 e. The second-order valence-electron chi connectivity index (χ2n) is 6.16. The number of aryl methyl sites for hydroxylation is 1. The van der Waals surface area contributed by atoms with Crippen LogP contribution in [-0.4, -0.2) is 30.3 Å². The molecule has 0 saturated heterocycles. The maximum Gasteiger partial charge on any atom is 0.257 e. The Hall–Kier alpha value is -3.46. The highest BCUT2D eigenvalue weighted by atomic mass is 32.1. The number of nitrogens with one attached hydrogen (secondary N) is 1. The Bertz CT molecular complexity index is 1150. The summed E-state index contributed by atoms with van der Waals surface area (Å²) in [5.74, 6) is -0.269. The number of amides is 1. The summed E-state index contributed by atoms with van der Waals surface area (Å²) in [6, 6.07) is 13.3. The van der Waals surface area contributed by atoms with Crippen molar-refractivity contribution in [3.05, 3.63) is 71.2 Å². The van der Waals surface area contributed by atoms with E-state index in [-0.39, 0.29) is 11.7 Å². The molecule has 0 bridgehead atoms. The third kappa shape index (κ3) is 3.52. The summed E-state index contributed by atoms with van der Waals surface area (Å²) in [6.45, 7) is 3.75. The van der Waals surface area contributed by atoms with Gasteiger partial charge in [0.25, 0.3) is 5.91 Å². The molecule has 0 spiro atoms. The first-order valence-electron chi connectivity index (χ1n) is 8.41. The monoisotopic (exact) mass is 394 g/mol. The zero-order valence-electron chi connectivity index (χ0n) is 15.0. The van der Waals surface area contributed by atoms with Gasteiger partial charge in [0, 0.05) is 17.1 Å². The molecule has 1 N–H and O–H groups in total. The summed E-state index contributed by atoms with van der Waals surface area (Å²) in [4.78, 5) is 16.7. The molecule has 28 heavy (non-hydrogen) atoms. The minimum Gasteiger partial charge on any atom is -0.297 e. The number of benzene rings is 2. The number of carbonyl (C=O) groups excluding carboxylic acids is 1. The predicted octanol–water partition coefficient (Wildman–Crippen LogP) is 3.79. The average Bonchev–Trinajstić information content (AvgIpc) is 3.28. The lowest BCUT2D eigenvalue weighted by Crippen LogP contribution is -2.11. The molecule has 2 heterocycles. The van der Waals surface area contributed by atoms with E-state index >= 15 is 0 Å². The van der Waals surface area contributed by atoms with Crippen LogP contribution in [0.2, 0.25) is 0 Å². The van der Waals surface area contributed by atoms with Gasteiger partial charge in [-0.2, -0.15) is 9.36 Å². The van der Waals surface area contributed by atoms with Gasteiger partial charge in [0.05, 0.1) is 11.4 Å². The first kappa shape index (κ1) is 17.9. The van der Waals surface area contributed by atoms with E-state index in [1.165, 1.54) is 16.8 Å². The molecule has 0 aliphatic rings. The van der Waals surface area contributed by atoms with E-state index in [9.17, 15) is 9.18 Å². The first-order chi connectivity index (χ1) is 13.5. The molecule has 1 amide bonds. The molecular weight excluding hydrogens is 379 g/mol. The lowest BCUT2D eigenvalue weighted by Gasteiger charge is -2.02. The summed E-state index contributed by atoms with van der Waals surface area (Å²) in [6.07, 6.45) is 0. The first-order valence-corrected chi connectivity index (χ1v) is 9.19. The molecule has 4 aromatic rings. The van der Waals surface area contributed by atoms with Crippen LogP contribution >= 0.6 is 11.5 Å². The average molecular weight is 394 g/mol. The molecule has 0 unspecified atom stereocenters. The third-order valence-electron chi connectivity index (χ3n) is 4.12. The maximum absolute atomic E-state index is 13.5. The molecule has 7 nitrogen and oxygen atoms in total. The summed E-state index contributed by atoms with van der Waals surface area (Å²) in [5, 5.41) is 11.3. The molecule has 0 fully saturated rings. The topological polar surface area (TPSA) is 85.6 Å². The van der Waals surface area contributed by atoms with Gasteiger partial charge in [0.15, 0.2) is 11.5 Å². The highest BCUT2D eigenvalue weighted by Crippen LogP contribution is 2.24. The molecule has 0 saturated carbocycles. The second kappa shape index (κ2) is 7.28. The molecule has 0 aliphatic heterocycles. The number of carbonyl (C=O) groups is 1. The van der Waals surface area contributed by atoms with Crippen molar-refractivity contribution < 1.29 is 9.18 Å². The molecule has 9 heteroatoms. The molecule has 2 aromatic heterocycles. The number of halogens is 1. The maximum atomic E-state index is 13.5. The lowest BCUT2D eigenvalue weighted by atomic mass is 10.1. The van der Waals surface area contributed by atoms with E-state index in [1.54, 1.807) is 31.2 Å². The normalized spacial score (nSPS) is 10.8. The van der Waals surface area contributed by atoms with Gasteiger partial charge >= 0.3 is 0 Å². The van der Waals surface area contributed by atoms with Gasteiger partial charge in [0.1, 0.15) is 5.82 Å². The van der Waals surface area contributed by atoms with Crippen LogP contribution in [0.5, 0.6) is 0 Å². The Balaban J connectivity index is 1.56. The minimum atomic E-state index is -0.359. The van der Waals surface area contributed by atoms with Crippen molar-refractivity contribution in [1.29, 1.82) is 0 Å². The smallest absolute Gasteiger partial charge is 0.257 e. The standard InChI is InChI=1S/C19H15FN6OS/c1-11-6-8-13(9-7-11)18(27)22-19-21-17(24-28-19)16-12(2)26(25-23-16)15-5-3-4-14(20)10-15/h3-10H,1-2H3,(H,21,22,24,27). The van der Waals surface area contributed by atoms with E-state index in [0.29, 0.717) is 33.6 Å². The van der Waals surface area contributed by atoms with Crippen molar-refractivity contribution in [3.8, 4) is 17.2 Å². The van der Waals surface area contributed by atoms with Crippen molar-refractivity contribution >= 4 is 22.6 Å². The number of nitrogens with zero attached hydrogens (tertiary/aromatic N) is 5. The SMILES string of the molecule is Cc1ccc(C(=O)Nc2nc(-c3nnn(-c4cccc(F)c4)c3C)ns2)cc1. The molecule has 2 aromatic carbocycles. The minimum absolute atomic E-state index is 0.261. The van der Waals surface area contributed by atoms with Gasteiger partial charge in [-0.25, -0.2) is 9.07 Å². The highest BCUT2D eigenvalue weighted by molar-refractivity contribution is 7.10. The zero-order valence-corrected chi connectivity index (χ0v) is 15.9. The lowest BCUT2D eigenvalue weighted by molar-refractivity contribution is 0.102. The molecule has 140 valence electrons. The van der Waals surface area contributed by atoms with Gasteiger partial charge in [-0.1, -0.05) is 29.0 Å². The summed E-state index contributed by atoms with van der Waals surface area (Å²) >= 11 is 1.06. The van der Waals surface area contributed by atoms with E-state index < -0.39 is 0 Å². The zero-order chi connectivity index (χ0) is 19.7. The van der Waals surface area contributed by atoms with E-state index in [0.717, 1.165) is 17.1 Å². The Labute approximate surface area is 164 Å². The van der Waals surface area contributed by atoms with Crippen molar-refractivity contribution in [2.45, 2.75) is 13.8 Å². The third-order valence-corrected chi connectivity index (χ3v) is 4.75. The van der Waals surface area contributed by atoms with Gasteiger partial charge in [-0.15, -0.1) is 5.10 Å². The highest BCUT2D eigenvalue weighted by Gasteiger charge is 2.18. The van der Waals surface area contributed by atoms with Gasteiger partial charge in [0.2, 0.25) is 5.13 Å². The number of hydrogen-bond acceptors (Lipinski definition) is 6. The Morgan fingerprint density at radius 2 is 1.93 bits per heavy atom. The van der Waals surface area contributed by atoms with Crippen LogP contribution in [0.3, 0.4) is 0 Å². The Morgan fingerprint density at radius 1 is 1.14 bits per heavy atom. The van der Waals surface area contributed by atoms with Crippen LogP contribution in [0.1, 0.15) is 21.6 Å². The van der Waals surface area contributed by atoms with Crippen molar-refractivity contribution in [2.24, 2.45) is 0 Å². The van der Waals surface area contributed by atoms with E-state index in [1.807, 2.05) is 19.1 Å². The van der Waals surface area contributed by atoms with Crippen LogP contribution in [-0.2, 0) is 0 Å². The van der Waals surface area contributed by atoms with Crippen LogP contribution in [0.15, 0.2) is 48.5 Å². The van der Waals surface area contributed by atoms with Crippen LogP contribution < -0.4 is 5.32 Å². The van der Waals surface area contributed by atoms with Gasteiger partial charge < -0.3 is 0 Å². The van der Waals surface area contributed by atoms with E-state index in [4.69, 9.17) is 0 Å². The van der Waals surface area contributed by atoms with E-state index in [2.05, 4.69) is 25.0 Å². The summed E-state index contributed by atoms with van der Waals surface area (Å²) < 4.78 is 19.3. The van der Waals surface area contributed by atoms with Crippen LogP contribution in [0.4, 0.5) is 9.52 Å². The fraction of sp³-hybridized carbons (Fsp3) is 0.105. The van der Waals surface area contributed by atoms with Crippen molar-refractivity contribution in [3.63, 3.8) is 0 Å².